The van der Waals surface area contributed by atoms with Crippen molar-refractivity contribution in [1.29, 1.82) is 0 Å². The molecular weight excluding hydrogens is 238 g/mol. The second-order valence-corrected chi connectivity index (χ2v) is 5.04. The van der Waals surface area contributed by atoms with E-state index in [2.05, 4.69) is 16.9 Å². The minimum absolute atomic E-state index is 0.269. The molecule has 0 radical (unpaired) electrons. The van der Waals surface area contributed by atoms with E-state index in [0.717, 1.165) is 12.0 Å². The molecule has 2 rings (SSSR count). The van der Waals surface area contributed by atoms with Crippen LogP contribution in [0.1, 0.15) is 27.2 Å². The third-order valence-electron chi connectivity index (χ3n) is 2.99. The first-order chi connectivity index (χ1) is 9.00. The van der Waals surface area contributed by atoms with E-state index in [-0.39, 0.29) is 5.60 Å². The number of hydrogen-bond acceptors (Lipinski definition) is 4. The minimum atomic E-state index is -0.269. The van der Waals surface area contributed by atoms with E-state index in [1.54, 1.807) is 6.07 Å². The van der Waals surface area contributed by atoms with Gasteiger partial charge in [-0.15, -0.1) is 0 Å². The molecule has 1 aromatic carbocycles. The van der Waals surface area contributed by atoms with Crippen molar-refractivity contribution in [2.24, 2.45) is 0 Å². The lowest BCUT2D eigenvalue weighted by Crippen LogP contribution is -2.27. The molecule has 0 aliphatic rings. The summed E-state index contributed by atoms with van der Waals surface area (Å²) >= 11 is 0. The summed E-state index contributed by atoms with van der Waals surface area (Å²) in [6.45, 7) is 6.11. The van der Waals surface area contributed by atoms with E-state index >= 15 is 0 Å². The Hall–Kier alpha value is -2.10. The van der Waals surface area contributed by atoms with Crippen molar-refractivity contribution in [3.63, 3.8) is 0 Å². The van der Waals surface area contributed by atoms with Gasteiger partial charge in [-0.3, -0.25) is 0 Å². The SMILES string of the molecule is CCC(C)(C)Oc1cc(N)nc(-c2ccccc2)n1. The molecule has 100 valence electrons. The number of anilines is 1. The number of aromatic nitrogens is 2. The molecule has 2 N–H and O–H groups in total. The Morgan fingerprint density at radius 3 is 2.47 bits per heavy atom. The van der Waals surface area contributed by atoms with Crippen LogP contribution in [0.5, 0.6) is 5.88 Å². The van der Waals surface area contributed by atoms with Gasteiger partial charge < -0.3 is 10.5 Å². The van der Waals surface area contributed by atoms with Gasteiger partial charge in [-0.1, -0.05) is 37.3 Å². The molecule has 0 aliphatic heterocycles. The lowest BCUT2D eigenvalue weighted by molar-refractivity contribution is 0.0991. The van der Waals surface area contributed by atoms with Gasteiger partial charge in [0.05, 0.1) is 0 Å². The zero-order valence-electron chi connectivity index (χ0n) is 11.6. The van der Waals surface area contributed by atoms with Crippen LogP contribution in [0.3, 0.4) is 0 Å². The first-order valence-electron chi connectivity index (χ1n) is 6.39. The molecule has 0 amide bonds. The normalized spacial score (nSPS) is 11.3. The highest BCUT2D eigenvalue weighted by molar-refractivity contribution is 5.57. The number of ether oxygens (including phenoxy) is 1. The molecule has 4 heteroatoms. The Morgan fingerprint density at radius 2 is 1.84 bits per heavy atom. The van der Waals surface area contributed by atoms with Crippen molar-refractivity contribution >= 4 is 5.82 Å². The Labute approximate surface area is 113 Å². The van der Waals surface area contributed by atoms with Crippen molar-refractivity contribution in [2.45, 2.75) is 32.8 Å². The van der Waals surface area contributed by atoms with Crippen molar-refractivity contribution < 1.29 is 4.74 Å². The van der Waals surface area contributed by atoms with E-state index in [1.807, 2.05) is 44.2 Å². The molecule has 4 nitrogen and oxygen atoms in total. The number of benzene rings is 1. The number of hydrogen-bond donors (Lipinski definition) is 1. The number of nitrogen functional groups attached to an aromatic ring is 1. The molecule has 0 aliphatic carbocycles. The maximum atomic E-state index is 5.86. The molecule has 0 bridgehead atoms. The van der Waals surface area contributed by atoms with Crippen LogP contribution in [-0.4, -0.2) is 15.6 Å². The molecule has 0 unspecified atom stereocenters. The van der Waals surface area contributed by atoms with Crippen LogP contribution >= 0.6 is 0 Å². The molecule has 0 fully saturated rings. The fourth-order valence-corrected chi connectivity index (χ4v) is 1.57. The lowest BCUT2D eigenvalue weighted by Gasteiger charge is -2.24. The van der Waals surface area contributed by atoms with E-state index in [1.165, 1.54) is 0 Å². The van der Waals surface area contributed by atoms with Crippen LogP contribution in [-0.2, 0) is 0 Å². The first kappa shape index (κ1) is 13.3. The molecule has 0 atom stereocenters. The smallest absolute Gasteiger partial charge is 0.219 e. The molecule has 1 heterocycles. The van der Waals surface area contributed by atoms with Gasteiger partial charge in [0.15, 0.2) is 5.82 Å². The Balaban J connectivity index is 2.35. The zero-order chi connectivity index (χ0) is 13.9. The molecular formula is C15H19N3O. The second kappa shape index (κ2) is 5.26. The van der Waals surface area contributed by atoms with Crippen molar-refractivity contribution in [3.8, 4) is 17.3 Å². The van der Waals surface area contributed by atoms with E-state index in [0.29, 0.717) is 17.5 Å². The van der Waals surface area contributed by atoms with Gasteiger partial charge >= 0.3 is 0 Å². The van der Waals surface area contributed by atoms with Crippen LogP contribution in [0.4, 0.5) is 5.82 Å². The summed E-state index contributed by atoms with van der Waals surface area (Å²) in [5.74, 6) is 1.51. The average Bonchev–Trinajstić information content (AvgIpc) is 2.38. The summed E-state index contributed by atoms with van der Waals surface area (Å²) in [6.07, 6.45) is 0.886. The van der Waals surface area contributed by atoms with Crippen LogP contribution < -0.4 is 10.5 Å². The third-order valence-corrected chi connectivity index (χ3v) is 2.99. The summed E-state index contributed by atoms with van der Waals surface area (Å²) in [4.78, 5) is 8.67. The van der Waals surface area contributed by atoms with E-state index in [4.69, 9.17) is 10.5 Å². The Kier molecular flexibility index (Phi) is 3.69. The van der Waals surface area contributed by atoms with Crippen LogP contribution in [0.15, 0.2) is 36.4 Å². The van der Waals surface area contributed by atoms with Gasteiger partial charge in [0.1, 0.15) is 11.4 Å². The fraction of sp³-hybridized carbons (Fsp3) is 0.333. The van der Waals surface area contributed by atoms with Gasteiger partial charge in [0.2, 0.25) is 5.88 Å². The maximum absolute atomic E-state index is 5.86. The van der Waals surface area contributed by atoms with Gasteiger partial charge in [-0.25, -0.2) is 4.98 Å². The lowest BCUT2D eigenvalue weighted by atomic mass is 10.1. The fourth-order valence-electron chi connectivity index (χ4n) is 1.57. The van der Waals surface area contributed by atoms with E-state index < -0.39 is 0 Å². The molecule has 0 spiro atoms. The standard InChI is InChI=1S/C15H19N3O/c1-4-15(2,3)19-13-10-12(16)17-14(18-13)11-8-6-5-7-9-11/h5-10H,4H2,1-3H3,(H2,16,17,18). The summed E-state index contributed by atoms with van der Waals surface area (Å²) in [5, 5.41) is 0. The third kappa shape index (κ3) is 3.44. The Bertz CT molecular complexity index is 553. The van der Waals surface area contributed by atoms with Crippen molar-refractivity contribution in [2.75, 3.05) is 5.73 Å². The molecule has 0 saturated heterocycles. The predicted octanol–water partition coefficient (Wildman–Crippen LogP) is 3.29. The first-order valence-corrected chi connectivity index (χ1v) is 6.39. The topological polar surface area (TPSA) is 61.0 Å². The van der Waals surface area contributed by atoms with Crippen LogP contribution in [0.2, 0.25) is 0 Å². The molecule has 2 aromatic rings. The zero-order valence-corrected chi connectivity index (χ0v) is 11.6. The Morgan fingerprint density at radius 1 is 1.16 bits per heavy atom. The molecule has 1 aromatic heterocycles. The largest absolute Gasteiger partial charge is 0.472 e. The minimum Gasteiger partial charge on any atom is -0.472 e. The van der Waals surface area contributed by atoms with Crippen molar-refractivity contribution in [1.82, 2.24) is 9.97 Å². The number of nitrogens with zero attached hydrogens (tertiary/aromatic N) is 2. The van der Waals surface area contributed by atoms with Gasteiger partial charge in [-0.2, -0.15) is 4.98 Å². The van der Waals surface area contributed by atoms with Gasteiger partial charge in [-0.05, 0) is 20.3 Å². The summed E-state index contributed by atoms with van der Waals surface area (Å²) in [5.41, 5.74) is 6.48. The van der Waals surface area contributed by atoms with E-state index in [9.17, 15) is 0 Å². The summed E-state index contributed by atoms with van der Waals surface area (Å²) in [6, 6.07) is 11.4. The maximum Gasteiger partial charge on any atom is 0.219 e. The monoisotopic (exact) mass is 257 g/mol. The number of rotatable bonds is 4. The highest BCUT2D eigenvalue weighted by atomic mass is 16.5. The molecule has 0 saturated carbocycles. The highest BCUT2D eigenvalue weighted by Crippen LogP contribution is 2.23. The van der Waals surface area contributed by atoms with Gasteiger partial charge in [0.25, 0.3) is 0 Å². The van der Waals surface area contributed by atoms with Crippen LogP contribution in [0.25, 0.3) is 11.4 Å². The van der Waals surface area contributed by atoms with Crippen molar-refractivity contribution in [3.05, 3.63) is 36.4 Å². The summed E-state index contributed by atoms with van der Waals surface area (Å²) < 4.78 is 5.86. The van der Waals surface area contributed by atoms with Crippen LogP contribution in [0, 0.1) is 0 Å². The number of nitrogens with two attached hydrogens (primary N) is 1. The highest BCUT2D eigenvalue weighted by Gasteiger charge is 2.18. The van der Waals surface area contributed by atoms with Gasteiger partial charge in [0, 0.05) is 11.6 Å². The predicted molar refractivity (Wildman–Crippen MR) is 76.9 cm³/mol. The molecule has 19 heavy (non-hydrogen) atoms. The second-order valence-electron chi connectivity index (χ2n) is 5.04. The quantitative estimate of drug-likeness (QED) is 0.913. The summed E-state index contributed by atoms with van der Waals surface area (Å²) in [7, 11) is 0. The average molecular weight is 257 g/mol.